The Labute approximate surface area is 120 Å². The second-order valence-corrected chi connectivity index (χ2v) is 5.60. The Balaban J connectivity index is 4.07. The topological polar surface area (TPSA) is 90.3 Å². The molecular formula is C13H26N2O5. The van der Waals surface area contributed by atoms with Crippen LogP contribution in [0.3, 0.4) is 0 Å². The van der Waals surface area contributed by atoms with E-state index < -0.39 is 17.8 Å². The van der Waals surface area contributed by atoms with Gasteiger partial charge < -0.3 is 24.7 Å². The molecule has 20 heavy (non-hydrogen) atoms. The van der Waals surface area contributed by atoms with Gasteiger partial charge in [-0.1, -0.05) is 0 Å². The Bertz CT molecular complexity index is 314. The van der Waals surface area contributed by atoms with Crippen LogP contribution in [-0.4, -0.2) is 71.1 Å². The van der Waals surface area contributed by atoms with Gasteiger partial charge in [0, 0.05) is 33.3 Å². The number of carbonyl (C=O) groups excluding carboxylic acids is 1. The van der Waals surface area contributed by atoms with E-state index in [9.17, 15) is 9.59 Å². The third kappa shape index (κ3) is 8.58. The molecular weight excluding hydrogens is 264 g/mol. The van der Waals surface area contributed by atoms with E-state index in [2.05, 4.69) is 0 Å². The van der Waals surface area contributed by atoms with Crippen LogP contribution in [0.15, 0.2) is 0 Å². The highest BCUT2D eigenvalue weighted by Crippen LogP contribution is 2.09. The number of aliphatic hydroxyl groups excluding tert-OH is 1. The molecule has 7 nitrogen and oxygen atoms in total. The highest BCUT2D eigenvalue weighted by Gasteiger charge is 2.19. The van der Waals surface area contributed by atoms with Gasteiger partial charge in [-0.2, -0.15) is 0 Å². The number of hydrogen-bond acceptors (Lipinski definition) is 4. The minimum Gasteiger partial charge on any atom is -0.465 e. The normalized spacial score (nSPS) is 11.1. The van der Waals surface area contributed by atoms with Gasteiger partial charge in [0.25, 0.3) is 0 Å². The first-order valence-electron chi connectivity index (χ1n) is 6.70. The molecule has 7 heteroatoms. The zero-order chi connectivity index (χ0) is 15.8. The predicted molar refractivity (Wildman–Crippen MR) is 74.8 cm³/mol. The molecule has 0 saturated heterocycles. The largest absolute Gasteiger partial charge is 0.465 e. The summed E-state index contributed by atoms with van der Waals surface area (Å²) in [5, 5.41) is 17.7. The van der Waals surface area contributed by atoms with Gasteiger partial charge in [-0.3, -0.25) is 0 Å². The zero-order valence-electron chi connectivity index (χ0n) is 12.8. The minimum atomic E-state index is -1.02. The lowest BCUT2D eigenvalue weighted by molar-refractivity contribution is 0.0294. The van der Waals surface area contributed by atoms with Crippen LogP contribution in [-0.2, 0) is 4.74 Å². The standard InChI is InChI=1S/C13H26N2O5/c1-13(2,3)20-12(19)14(4)7-5-8-15(11(17)18)9-6-10-16/h16H,5-10H2,1-4H3,(H,17,18). The number of carboxylic acid groups (broad SMARTS) is 1. The van der Waals surface area contributed by atoms with E-state index in [1.54, 1.807) is 27.8 Å². The molecule has 0 radical (unpaired) electrons. The van der Waals surface area contributed by atoms with Crippen molar-refractivity contribution in [3.63, 3.8) is 0 Å². The Morgan fingerprint density at radius 1 is 1.10 bits per heavy atom. The molecule has 0 aromatic heterocycles. The van der Waals surface area contributed by atoms with Crippen molar-refractivity contribution in [2.45, 2.75) is 39.2 Å². The van der Waals surface area contributed by atoms with Crippen LogP contribution in [0.25, 0.3) is 0 Å². The molecule has 2 N–H and O–H groups in total. The van der Waals surface area contributed by atoms with Crippen LogP contribution in [0.2, 0.25) is 0 Å². The SMILES string of the molecule is CN(CCCN(CCCO)C(=O)O)C(=O)OC(C)(C)C. The Kier molecular flexibility index (Phi) is 7.98. The molecule has 0 aromatic rings. The van der Waals surface area contributed by atoms with Crippen LogP contribution in [0.5, 0.6) is 0 Å². The fourth-order valence-electron chi connectivity index (χ4n) is 1.49. The van der Waals surface area contributed by atoms with Gasteiger partial charge in [0.1, 0.15) is 5.60 Å². The maximum atomic E-state index is 11.7. The number of aliphatic hydroxyl groups is 1. The highest BCUT2D eigenvalue weighted by atomic mass is 16.6. The van der Waals surface area contributed by atoms with E-state index in [0.29, 0.717) is 32.5 Å². The van der Waals surface area contributed by atoms with Crippen molar-refractivity contribution in [1.82, 2.24) is 9.80 Å². The number of hydrogen-bond donors (Lipinski definition) is 2. The summed E-state index contributed by atoms with van der Waals surface area (Å²) in [5.74, 6) is 0. The lowest BCUT2D eigenvalue weighted by atomic mass is 10.2. The second kappa shape index (κ2) is 8.63. The fourth-order valence-corrected chi connectivity index (χ4v) is 1.49. The molecule has 0 aromatic carbocycles. The summed E-state index contributed by atoms with van der Waals surface area (Å²) in [7, 11) is 1.62. The van der Waals surface area contributed by atoms with E-state index in [1.165, 1.54) is 9.80 Å². The molecule has 118 valence electrons. The molecule has 0 rings (SSSR count). The molecule has 0 aliphatic heterocycles. The first kappa shape index (κ1) is 18.5. The molecule has 0 saturated carbocycles. The Morgan fingerprint density at radius 3 is 2.10 bits per heavy atom. The summed E-state index contributed by atoms with van der Waals surface area (Å²) < 4.78 is 5.19. The maximum absolute atomic E-state index is 11.7. The average Bonchev–Trinajstić information content (AvgIpc) is 2.30. The van der Waals surface area contributed by atoms with Crippen molar-refractivity contribution in [1.29, 1.82) is 0 Å². The van der Waals surface area contributed by atoms with Gasteiger partial charge in [0.15, 0.2) is 0 Å². The number of ether oxygens (including phenoxy) is 1. The summed E-state index contributed by atoms with van der Waals surface area (Å²) in [6.07, 6.45) is -0.505. The van der Waals surface area contributed by atoms with E-state index >= 15 is 0 Å². The van der Waals surface area contributed by atoms with Gasteiger partial charge in [0.05, 0.1) is 0 Å². The van der Waals surface area contributed by atoms with Gasteiger partial charge in [-0.15, -0.1) is 0 Å². The summed E-state index contributed by atoms with van der Waals surface area (Å²) in [6.45, 7) is 6.36. The molecule has 2 amide bonds. The molecule has 0 aliphatic carbocycles. The molecule has 0 aliphatic rings. The first-order chi connectivity index (χ1) is 9.17. The number of amides is 2. The molecule has 0 bridgehead atoms. The molecule has 0 heterocycles. The summed E-state index contributed by atoms with van der Waals surface area (Å²) in [6, 6.07) is 0. The molecule has 0 spiro atoms. The molecule has 0 unspecified atom stereocenters. The summed E-state index contributed by atoms with van der Waals surface area (Å²) in [5.41, 5.74) is -0.542. The van der Waals surface area contributed by atoms with E-state index in [4.69, 9.17) is 14.9 Å². The van der Waals surface area contributed by atoms with Gasteiger partial charge >= 0.3 is 12.2 Å². The van der Waals surface area contributed by atoms with Crippen LogP contribution < -0.4 is 0 Å². The van der Waals surface area contributed by atoms with E-state index in [-0.39, 0.29) is 6.61 Å². The Morgan fingerprint density at radius 2 is 1.65 bits per heavy atom. The van der Waals surface area contributed by atoms with Gasteiger partial charge in [-0.25, -0.2) is 9.59 Å². The smallest absolute Gasteiger partial charge is 0.410 e. The van der Waals surface area contributed by atoms with Crippen LogP contribution >= 0.6 is 0 Å². The van der Waals surface area contributed by atoms with Crippen molar-refractivity contribution in [2.75, 3.05) is 33.3 Å². The monoisotopic (exact) mass is 290 g/mol. The highest BCUT2D eigenvalue weighted by molar-refractivity contribution is 5.67. The Hall–Kier alpha value is -1.50. The van der Waals surface area contributed by atoms with Crippen molar-refractivity contribution >= 4 is 12.2 Å². The number of rotatable bonds is 7. The zero-order valence-corrected chi connectivity index (χ0v) is 12.8. The van der Waals surface area contributed by atoms with Crippen molar-refractivity contribution in [3.8, 4) is 0 Å². The van der Waals surface area contributed by atoms with Gasteiger partial charge in [-0.05, 0) is 33.6 Å². The lowest BCUT2D eigenvalue weighted by Gasteiger charge is -2.25. The summed E-state index contributed by atoms with van der Waals surface area (Å²) >= 11 is 0. The minimum absolute atomic E-state index is 0.0401. The average molecular weight is 290 g/mol. The maximum Gasteiger partial charge on any atom is 0.410 e. The number of nitrogens with zero attached hydrogens (tertiary/aromatic N) is 2. The predicted octanol–water partition coefficient (Wildman–Crippen LogP) is 1.61. The molecule has 0 atom stereocenters. The van der Waals surface area contributed by atoms with E-state index in [1.807, 2.05) is 0 Å². The van der Waals surface area contributed by atoms with Crippen LogP contribution in [0, 0.1) is 0 Å². The fraction of sp³-hybridized carbons (Fsp3) is 0.846. The third-order valence-electron chi connectivity index (χ3n) is 2.48. The third-order valence-corrected chi connectivity index (χ3v) is 2.48. The van der Waals surface area contributed by atoms with Crippen molar-refractivity contribution in [2.24, 2.45) is 0 Å². The summed E-state index contributed by atoms with van der Waals surface area (Å²) in [4.78, 5) is 25.3. The number of carbonyl (C=O) groups is 2. The van der Waals surface area contributed by atoms with Gasteiger partial charge in [0.2, 0.25) is 0 Å². The van der Waals surface area contributed by atoms with Crippen molar-refractivity contribution < 1.29 is 24.5 Å². The second-order valence-electron chi connectivity index (χ2n) is 5.60. The van der Waals surface area contributed by atoms with E-state index in [0.717, 1.165) is 0 Å². The quantitative estimate of drug-likeness (QED) is 0.743. The van der Waals surface area contributed by atoms with Crippen LogP contribution in [0.1, 0.15) is 33.6 Å². The molecule has 0 fully saturated rings. The van der Waals surface area contributed by atoms with Crippen LogP contribution in [0.4, 0.5) is 9.59 Å². The first-order valence-corrected chi connectivity index (χ1v) is 6.70. The van der Waals surface area contributed by atoms with Crippen molar-refractivity contribution in [3.05, 3.63) is 0 Å². The lowest BCUT2D eigenvalue weighted by Crippen LogP contribution is -2.37.